The highest BCUT2D eigenvalue weighted by molar-refractivity contribution is 5.96. The number of carbonyl (C=O) groups excluding carboxylic acids is 2. The third-order valence-electron chi connectivity index (χ3n) is 3.32. The molecule has 1 amide bonds. The van der Waals surface area contributed by atoms with E-state index in [9.17, 15) is 19.2 Å². The molecule has 0 saturated carbocycles. The van der Waals surface area contributed by atoms with Gasteiger partial charge in [-0.25, -0.2) is 9.59 Å². The first-order valence-electron chi connectivity index (χ1n) is 7.14. The molecule has 24 heavy (non-hydrogen) atoms. The van der Waals surface area contributed by atoms with E-state index in [0.717, 1.165) is 22.9 Å². The smallest absolute Gasteiger partial charge is 0.345 e. The van der Waals surface area contributed by atoms with E-state index in [1.807, 2.05) is 37.9 Å². The van der Waals surface area contributed by atoms with Gasteiger partial charge in [0.05, 0.1) is 0 Å². The summed E-state index contributed by atoms with van der Waals surface area (Å²) in [5.41, 5.74) is 1.52. The highest BCUT2D eigenvalue weighted by atomic mass is 16.5. The Hall–Kier alpha value is -3.16. The Morgan fingerprint density at radius 2 is 1.75 bits per heavy atom. The van der Waals surface area contributed by atoms with Gasteiger partial charge in [-0.2, -0.15) is 0 Å². The molecule has 0 aliphatic rings. The summed E-state index contributed by atoms with van der Waals surface area (Å²) in [7, 11) is 0. The summed E-state index contributed by atoms with van der Waals surface area (Å²) < 4.78 is 4.79. The van der Waals surface area contributed by atoms with Crippen LogP contribution in [0.2, 0.25) is 0 Å². The topological polar surface area (TPSA) is 121 Å². The third kappa shape index (κ3) is 3.97. The monoisotopic (exact) mass is 331 g/mol. The predicted molar refractivity (Wildman–Crippen MR) is 87.2 cm³/mol. The molecule has 2 aromatic rings. The molecule has 8 nitrogen and oxygen atoms in total. The predicted octanol–water partition coefficient (Wildman–Crippen LogP) is 0.784. The average molecular weight is 331 g/mol. The van der Waals surface area contributed by atoms with Crippen LogP contribution in [0, 0.1) is 20.8 Å². The van der Waals surface area contributed by atoms with Crippen molar-refractivity contribution in [1.29, 1.82) is 0 Å². The molecule has 0 spiro atoms. The van der Waals surface area contributed by atoms with Gasteiger partial charge in [-0.3, -0.25) is 14.6 Å². The molecule has 3 N–H and O–H groups in total. The molecule has 8 heteroatoms. The molecule has 1 aromatic carbocycles. The summed E-state index contributed by atoms with van der Waals surface area (Å²) >= 11 is 0. The van der Waals surface area contributed by atoms with Crippen molar-refractivity contribution in [2.45, 2.75) is 20.8 Å². The number of amides is 1. The molecule has 126 valence electrons. The number of rotatable bonds is 4. The minimum atomic E-state index is -1.00. The van der Waals surface area contributed by atoms with E-state index >= 15 is 0 Å². The fraction of sp³-hybridized carbons (Fsp3) is 0.250. The van der Waals surface area contributed by atoms with Crippen LogP contribution in [-0.2, 0) is 9.53 Å². The molecule has 0 aliphatic heterocycles. The van der Waals surface area contributed by atoms with Crippen LogP contribution in [0.3, 0.4) is 0 Å². The molecule has 0 bridgehead atoms. The number of hydrogen-bond donors (Lipinski definition) is 3. The standard InChI is InChI=1S/C16H17N3O5/c1-8-4-9(2)13(10(3)5-8)18-12(20)7-24-15(22)11-6-17-16(23)19-14(11)21/h4-6H,7H2,1-3H3,(H,18,20)(H2,17,19,21,23). The van der Waals surface area contributed by atoms with Crippen LogP contribution >= 0.6 is 0 Å². The summed E-state index contributed by atoms with van der Waals surface area (Å²) in [4.78, 5) is 50.1. The Morgan fingerprint density at radius 3 is 2.33 bits per heavy atom. The zero-order valence-corrected chi connectivity index (χ0v) is 13.5. The quantitative estimate of drug-likeness (QED) is 0.715. The second-order valence-corrected chi connectivity index (χ2v) is 5.38. The van der Waals surface area contributed by atoms with Crippen molar-refractivity contribution in [3.63, 3.8) is 0 Å². The number of benzene rings is 1. The van der Waals surface area contributed by atoms with Crippen molar-refractivity contribution in [1.82, 2.24) is 9.97 Å². The zero-order chi connectivity index (χ0) is 17.9. The molecule has 1 heterocycles. The minimum Gasteiger partial charge on any atom is -0.452 e. The number of carbonyl (C=O) groups is 2. The Balaban J connectivity index is 2.02. The number of aryl methyl sites for hydroxylation is 3. The van der Waals surface area contributed by atoms with E-state index < -0.39 is 29.7 Å². The number of ether oxygens (including phenoxy) is 1. The van der Waals surface area contributed by atoms with E-state index in [1.54, 1.807) is 0 Å². The molecule has 0 saturated heterocycles. The van der Waals surface area contributed by atoms with E-state index in [4.69, 9.17) is 4.74 Å². The van der Waals surface area contributed by atoms with Gasteiger partial charge in [0.15, 0.2) is 6.61 Å². The van der Waals surface area contributed by atoms with Gasteiger partial charge in [-0.1, -0.05) is 17.7 Å². The van der Waals surface area contributed by atoms with Gasteiger partial charge in [-0.15, -0.1) is 0 Å². The first-order valence-corrected chi connectivity index (χ1v) is 7.14. The van der Waals surface area contributed by atoms with Gasteiger partial charge >= 0.3 is 11.7 Å². The number of aromatic nitrogens is 2. The highest BCUT2D eigenvalue weighted by Crippen LogP contribution is 2.21. The second kappa shape index (κ2) is 6.95. The van der Waals surface area contributed by atoms with E-state index in [1.165, 1.54) is 0 Å². The second-order valence-electron chi connectivity index (χ2n) is 5.38. The van der Waals surface area contributed by atoms with Gasteiger partial charge in [0.2, 0.25) is 0 Å². The van der Waals surface area contributed by atoms with Crippen LogP contribution in [0.5, 0.6) is 0 Å². The van der Waals surface area contributed by atoms with Crippen molar-refractivity contribution in [2.75, 3.05) is 11.9 Å². The van der Waals surface area contributed by atoms with Crippen molar-refractivity contribution >= 4 is 17.6 Å². The SMILES string of the molecule is Cc1cc(C)c(NC(=O)COC(=O)c2c[nH]c(=O)[nH]c2=O)c(C)c1. The van der Waals surface area contributed by atoms with Crippen molar-refractivity contribution in [3.8, 4) is 0 Å². The molecule has 0 atom stereocenters. The maximum atomic E-state index is 11.9. The summed E-state index contributed by atoms with van der Waals surface area (Å²) in [5.74, 6) is -1.53. The van der Waals surface area contributed by atoms with Crippen LogP contribution in [0.1, 0.15) is 27.0 Å². The van der Waals surface area contributed by atoms with Crippen molar-refractivity contribution in [3.05, 3.63) is 61.4 Å². The lowest BCUT2D eigenvalue weighted by Crippen LogP contribution is -2.29. The first kappa shape index (κ1) is 17.2. The van der Waals surface area contributed by atoms with E-state index in [0.29, 0.717) is 5.69 Å². The van der Waals surface area contributed by atoms with E-state index in [2.05, 4.69) is 10.3 Å². The highest BCUT2D eigenvalue weighted by Gasteiger charge is 2.15. The number of aromatic amines is 2. The molecular weight excluding hydrogens is 314 g/mol. The summed E-state index contributed by atoms with van der Waals surface area (Å²) in [6.45, 7) is 5.13. The van der Waals surface area contributed by atoms with Crippen molar-refractivity contribution in [2.24, 2.45) is 0 Å². The van der Waals surface area contributed by atoms with Gasteiger partial charge in [0.25, 0.3) is 11.5 Å². The first-order chi connectivity index (χ1) is 11.3. The lowest BCUT2D eigenvalue weighted by atomic mass is 10.1. The molecule has 2 rings (SSSR count). The van der Waals surface area contributed by atoms with Gasteiger partial charge in [-0.05, 0) is 31.9 Å². The van der Waals surface area contributed by atoms with Gasteiger partial charge < -0.3 is 15.0 Å². The largest absolute Gasteiger partial charge is 0.452 e. The van der Waals surface area contributed by atoms with Crippen LogP contribution < -0.4 is 16.6 Å². The normalized spacial score (nSPS) is 10.3. The Morgan fingerprint density at radius 1 is 1.12 bits per heavy atom. The van der Waals surface area contributed by atoms with Gasteiger partial charge in [0.1, 0.15) is 5.56 Å². The number of anilines is 1. The molecule has 1 aromatic heterocycles. The Kier molecular flexibility index (Phi) is 4.98. The lowest BCUT2D eigenvalue weighted by Gasteiger charge is -2.12. The van der Waals surface area contributed by atoms with Crippen LogP contribution in [0.25, 0.3) is 0 Å². The maximum Gasteiger partial charge on any atom is 0.345 e. The Bertz CT molecular complexity index is 887. The zero-order valence-electron chi connectivity index (χ0n) is 13.5. The van der Waals surface area contributed by atoms with Crippen LogP contribution in [0.15, 0.2) is 27.9 Å². The molecule has 0 aliphatic carbocycles. The van der Waals surface area contributed by atoms with Gasteiger partial charge in [0, 0.05) is 11.9 Å². The lowest BCUT2D eigenvalue weighted by molar-refractivity contribution is -0.119. The fourth-order valence-corrected chi connectivity index (χ4v) is 2.32. The average Bonchev–Trinajstić information content (AvgIpc) is 2.48. The molecule has 0 fully saturated rings. The number of H-pyrrole nitrogens is 2. The Labute approximate surface area is 136 Å². The summed E-state index contributed by atoms with van der Waals surface area (Å²) in [6, 6.07) is 3.85. The third-order valence-corrected chi connectivity index (χ3v) is 3.32. The van der Waals surface area contributed by atoms with Crippen LogP contribution in [-0.4, -0.2) is 28.5 Å². The minimum absolute atomic E-state index is 0.384. The summed E-state index contributed by atoms with van der Waals surface area (Å²) in [6.07, 6.45) is 0.940. The summed E-state index contributed by atoms with van der Waals surface area (Å²) in [5, 5.41) is 2.68. The number of nitrogens with one attached hydrogen (secondary N) is 3. The number of hydrogen-bond acceptors (Lipinski definition) is 5. The maximum absolute atomic E-state index is 11.9. The van der Waals surface area contributed by atoms with E-state index in [-0.39, 0.29) is 5.56 Å². The number of esters is 1. The molecule has 0 unspecified atom stereocenters. The fourth-order valence-electron chi connectivity index (χ4n) is 2.32. The molecular formula is C16H17N3O5. The van der Waals surface area contributed by atoms with Crippen molar-refractivity contribution < 1.29 is 14.3 Å². The van der Waals surface area contributed by atoms with Crippen LogP contribution in [0.4, 0.5) is 5.69 Å². The molecule has 0 radical (unpaired) electrons.